The molecule has 1 N–H and O–H groups in total. The maximum Gasteiger partial charge on any atom is 0.101 e. The van der Waals surface area contributed by atoms with Crippen LogP contribution in [0, 0.1) is 11.3 Å². The van der Waals surface area contributed by atoms with Crippen molar-refractivity contribution in [2.45, 2.75) is 0 Å². The molecule has 1 heterocycles. The van der Waals surface area contributed by atoms with E-state index in [0.717, 1.165) is 45.1 Å². The highest BCUT2D eigenvalue weighted by atomic mass is 35.5. The predicted octanol–water partition coefficient (Wildman–Crippen LogP) is 1.96. The first kappa shape index (κ1) is 13.2. The number of benzene rings is 1. The largest absolute Gasteiger partial charge is 0.383 e. The van der Waals surface area contributed by atoms with Crippen LogP contribution in [0.5, 0.6) is 0 Å². The Labute approximate surface area is 112 Å². The number of ether oxygens (including phenoxy) is 1. The molecule has 5 heteroatoms. The van der Waals surface area contributed by atoms with Crippen LogP contribution in [0.15, 0.2) is 18.2 Å². The van der Waals surface area contributed by atoms with E-state index in [1.54, 1.807) is 12.1 Å². The Morgan fingerprint density at radius 3 is 2.89 bits per heavy atom. The molecule has 0 atom stereocenters. The van der Waals surface area contributed by atoms with Crippen molar-refractivity contribution in [2.24, 2.45) is 0 Å². The van der Waals surface area contributed by atoms with Gasteiger partial charge in [0.25, 0.3) is 0 Å². The van der Waals surface area contributed by atoms with Crippen LogP contribution in [0.25, 0.3) is 0 Å². The highest BCUT2D eigenvalue weighted by Crippen LogP contribution is 2.19. The minimum Gasteiger partial charge on any atom is -0.383 e. The number of morpholine rings is 1. The Kier molecular flexibility index (Phi) is 4.82. The van der Waals surface area contributed by atoms with E-state index in [9.17, 15) is 0 Å². The third-order valence-electron chi connectivity index (χ3n) is 2.95. The number of hydrogen-bond acceptors (Lipinski definition) is 4. The van der Waals surface area contributed by atoms with Gasteiger partial charge in [0.2, 0.25) is 0 Å². The third-order valence-corrected chi connectivity index (χ3v) is 3.18. The quantitative estimate of drug-likeness (QED) is 0.904. The molecule has 0 bridgehead atoms. The first-order valence-electron chi connectivity index (χ1n) is 6.03. The summed E-state index contributed by atoms with van der Waals surface area (Å²) in [4.78, 5) is 2.35. The summed E-state index contributed by atoms with van der Waals surface area (Å²) in [6, 6.07) is 7.46. The fourth-order valence-electron chi connectivity index (χ4n) is 1.94. The molecular formula is C13H16ClN3O. The second kappa shape index (κ2) is 6.60. The Morgan fingerprint density at radius 2 is 2.17 bits per heavy atom. The minimum atomic E-state index is 0.587. The molecule has 18 heavy (non-hydrogen) atoms. The number of hydrogen-bond donors (Lipinski definition) is 1. The van der Waals surface area contributed by atoms with Gasteiger partial charge in [-0.25, -0.2) is 0 Å². The van der Waals surface area contributed by atoms with Gasteiger partial charge < -0.3 is 10.1 Å². The molecule has 0 unspecified atom stereocenters. The van der Waals surface area contributed by atoms with Gasteiger partial charge in [-0.1, -0.05) is 11.6 Å². The van der Waals surface area contributed by atoms with Crippen molar-refractivity contribution >= 4 is 17.3 Å². The molecule has 0 amide bonds. The molecule has 1 aliphatic rings. The standard InChI is InChI=1S/C13H16ClN3O/c14-12-1-2-13(11(9-12)10-15)16-3-4-17-5-7-18-8-6-17/h1-2,9,16H,3-8H2. The van der Waals surface area contributed by atoms with Crippen molar-refractivity contribution in [2.75, 3.05) is 44.7 Å². The molecule has 0 aromatic heterocycles. The fraction of sp³-hybridized carbons (Fsp3) is 0.462. The van der Waals surface area contributed by atoms with E-state index >= 15 is 0 Å². The summed E-state index contributed by atoms with van der Waals surface area (Å²) in [6.07, 6.45) is 0. The Balaban J connectivity index is 1.84. The zero-order valence-corrected chi connectivity index (χ0v) is 10.9. The Hall–Kier alpha value is -1.28. The van der Waals surface area contributed by atoms with Crippen LogP contribution in [-0.2, 0) is 4.74 Å². The minimum absolute atomic E-state index is 0.587. The van der Waals surface area contributed by atoms with Crippen molar-refractivity contribution in [3.8, 4) is 6.07 Å². The molecule has 96 valence electrons. The monoisotopic (exact) mass is 265 g/mol. The summed E-state index contributed by atoms with van der Waals surface area (Å²) in [6.45, 7) is 5.35. The molecular weight excluding hydrogens is 250 g/mol. The van der Waals surface area contributed by atoms with Crippen LogP contribution in [0.3, 0.4) is 0 Å². The first-order chi connectivity index (χ1) is 8.79. The summed E-state index contributed by atoms with van der Waals surface area (Å²) < 4.78 is 5.29. The number of nitrogens with zero attached hydrogens (tertiary/aromatic N) is 2. The lowest BCUT2D eigenvalue weighted by molar-refractivity contribution is 0.0398. The lowest BCUT2D eigenvalue weighted by atomic mass is 10.2. The molecule has 0 saturated carbocycles. The normalized spacial score (nSPS) is 16.2. The SMILES string of the molecule is N#Cc1cc(Cl)ccc1NCCN1CCOCC1. The fourth-order valence-corrected chi connectivity index (χ4v) is 2.11. The van der Waals surface area contributed by atoms with Gasteiger partial charge in [-0.15, -0.1) is 0 Å². The second-order valence-corrected chi connectivity index (χ2v) is 4.62. The summed E-state index contributed by atoms with van der Waals surface area (Å²) in [7, 11) is 0. The average Bonchev–Trinajstić information content (AvgIpc) is 2.41. The van der Waals surface area contributed by atoms with E-state index in [4.69, 9.17) is 21.6 Å². The van der Waals surface area contributed by atoms with Crippen molar-refractivity contribution in [1.29, 1.82) is 5.26 Å². The topological polar surface area (TPSA) is 48.3 Å². The summed E-state index contributed by atoms with van der Waals surface area (Å²) in [5.41, 5.74) is 1.43. The molecule has 0 spiro atoms. The van der Waals surface area contributed by atoms with Crippen LogP contribution >= 0.6 is 11.6 Å². The second-order valence-electron chi connectivity index (χ2n) is 4.18. The van der Waals surface area contributed by atoms with Crippen LogP contribution < -0.4 is 5.32 Å². The van der Waals surface area contributed by atoms with Gasteiger partial charge in [0.05, 0.1) is 24.5 Å². The maximum atomic E-state index is 9.02. The third kappa shape index (κ3) is 3.61. The van der Waals surface area contributed by atoms with Crippen LogP contribution in [0.4, 0.5) is 5.69 Å². The van der Waals surface area contributed by atoms with Crippen LogP contribution in [0.1, 0.15) is 5.56 Å². The van der Waals surface area contributed by atoms with Crippen molar-refractivity contribution in [3.63, 3.8) is 0 Å². The van der Waals surface area contributed by atoms with Crippen LogP contribution in [0.2, 0.25) is 5.02 Å². The highest BCUT2D eigenvalue weighted by Gasteiger charge is 2.09. The predicted molar refractivity (Wildman–Crippen MR) is 71.9 cm³/mol. The maximum absolute atomic E-state index is 9.02. The molecule has 4 nitrogen and oxygen atoms in total. The van der Waals surface area contributed by atoms with E-state index in [1.165, 1.54) is 0 Å². The number of anilines is 1. The van der Waals surface area contributed by atoms with Gasteiger partial charge in [0.1, 0.15) is 6.07 Å². The van der Waals surface area contributed by atoms with E-state index in [2.05, 4.69) is 16.3 Å². The molecule has 0 aliphatic carbocycles. The van der Waals surface area contributed by atoms with Gasteiger partial charge in [0.15, 0.2) is 0 Å². The first-order valence-corrected chi connectivity index (χ1v) is 6.41. The lowest BCUT2D eigenvalue weighted by Gasteiger charge is -2.26. The van der Waals surface area contributed by atoms with E-state index in [0.29, 0.717) is 10.6 Å². The van der Waals surface area contributed by atoms with E-state index < -0.39 is 0 Å². The summed E-state index contributed by atoms with van der Waals surface area (Å²) in [5, 5.41) is 12.9. The zero-order chi connectivity index (χ0) is 12.8. The average molecular weight is 266 g/mol. The Bertz CT molecular complexity index is 438. The zero-order valence-electron chi connectivity index (χ0n) is 10.2. The highest BCUT2D eigenvalue weighted by molar-refractivity contribution is 6.30. The Morgan fingerprint density at radius 1 is 1.39 bits per heavy atom. The van der Waals surface area contributed by atoms with Crippen LogP contribution in [-0.4, -0.2) is 44.3 Å². The molecule has 0 radical (unpaired) electrons. The molecule has 1 aromatic carbocycles. The molecule has 1 aliphatic heterocycles. The summed E-state index contributed by atoms with van der Waals surface area (Å²) >= 11 is 5.85. The van der Waals surface area contributed by atoms with Gasteiger partial charge in [-0.05, 0) is 18.2 Å². The number of nitrogens with one attached hydrogen (secondary N) is 1. The van der Waals surface area contributed by atoms with Crippen molar-refractivity contribution < 1.29 is 4.74 Å². The summed E-state index contributed by atoms with van der Waals surface area (Å²) in [5.74, 6) is 0. The molecule has 1 saturated heterocycles. The molecule has 1 fully saturated rings. The van der Waals surface area contributed by atoms with E-state index in [-0.39, 0.29) is 0 Å². The number of halogens is 1. The number of nitriles is 1. The van der Waals surface area contributed by atoms with Gasteiger partial charge in [-0.2, -0.15) is 5.26 Å². The van der Waals surface area contributed by atoms with Gasteiger partial charge in [0, 0.05) is 31.2 Å². The molecule has 1 aromatic rings. The van der Waals surface area contributed by atoms with Gasteiger partial charge >= 0.3 is 0 Å². The van der Waals surface area contributed by atoms with E-state index in [1.807, 2.05) is 6.07 Å². The molecule has 2 rings (SSSR count). The van der Waals surface area contributed by atoms with Crippen molar-refractivity contribution in [1.82, 2.24) is 4.90 Å². The number of rotatable bonds is 4. The smallest absolute Gasteiger partial charge is 0.101 e. The van der Waals surface area contributed by atoms with Crippen molar-refractivity contribution in [3.05, 3.63) is 28.8 Å². The van der Waals surface area contributed by atoms with Gasteiger partial charge in [-0.3, -0.25) is 4.90 Å². The lowest BCUT2D eigenvalue weighted by Crippen LogP contribution is -2.39.